The lowest BCUT2D eigenvalue weighted by Gasteiger charge is -2.22. The second-order valence-corrected chi connectivity index (χ2v) is 6.86. The molecule has 0 spiro atoms. The zero-order chi connectivity index (χ0) is 19.2. The van der Waals surface area contributed by atoms with Crippen LogP contribution in [0.5, 0.6) is 0 Å². The Morgan fingerprint density at radius 3 is 2.67 bits per heavy atom. The third-order valence-corrected chi connectivity index (χ3v) is 4.74. The molecule has 6 nitrogen and oxygen atoms in total. The monoisotopic (exact) mass is 373 g/mol. The maximum Gasteiger partial charge on any atom is 0.239 e. The van der Waals surface area contributed by atoms with E-state index < -0.39 is 5.82 Å². The Kier molecular flexibility index (Phi) is 6.21. The molecule has 1 aromatic carbocycles. The number of hydrogen-bond acceptors (Lipinski definition) is 4. The van der Waals surface area contributed by atoms with Gasteiger partial charge in [0.05, 0.1) is 24.2 Å². The highest BCUT2D eigenvalue weighted by Crippen LogP contribution is 2.24. The van der Waals surface area contributed by atoms with Crippen LogP contribution in [0.4, 0.5) is 4.39 Å². The number of nitrogens with zero attached hydrogens (tertiary/aromatic N) is 1. The number of amides is 2. The van der Waals surface area contributed by atoms with Gasteiger partial charge in [-0.25, -0.2) is 9.37 Å². The van der Waals surface area contributed by atoms with Crippen molar-refractivity contribution in [3.63, 3.8) is 0 Å². The summed E-state index contributed by atoms with van der Waals surface area (Å²) < 4.78 is 19.4. The first-order valence-electron chi connectivity index (χ1n) is 9.30. The zero-order valence-corrected chi connectivity index (χ0v) is 15.4. The maximum absolute atomic E-state index is 13.9. The fourth-order valence-corrected chi connectivity index (χ4v) is 3.26. The van der Waals surface area contributed by atoms with Gasteiger partial charge in [0.2, 0.25) is 17.7 Å². The molecule has 3 rings (SSSR count). The van der Waals surface area contributed by atoms with Gasteiger partial charge in [0.1, 0.15) is 11.6 Å². The summed E-state index contributed by atoms with van der Waals surface area (Å²) in [4.78, 5) is 28.3. The van der Waals surface area contributed by atoms with Gasteiger partial charge in [0, 0.05) is 6.04 Å². The van der Waals surface area contributed by atoms with Crippen LogP contribution in [-0.2, 0) is 16.0 Å². The Bertz CT molecular complexity index is 813. The van der Waals surface area contributed by atoms with Crippen molar-refractivity contribution in [2.45, 2.75) is 51.5 Å². The fraction of sp³-hybridized carbons (Fsp3) is 0.450. The fourth-order valence-electron chi connectivity index (χ4n) is 3.26. The summed E-state index contributed by atoms with van der Waals surface area (Å²) in [7, 11) is 0. The summed E-state index contributed by atoms with van der Waals surface area (Å²) in [5, 5.41) is 5.55. The Balaban J connectivity index is 1.52. The molecule has 0 radical (unpaired) electrons. The topological polar surface area (TPSA) is 84.2 Å². The molecule has 0 saturated heterocycles. The molecule has 1 aliphatic rings. The highest BCUT2D eigenvalue weighted by atomic mass is 19.1. The minimum Gasteiger partial charge on any atom is -0.441 e. The van der Waals surface area contributed by atoms with Gasteiger partial charge in [-0.15, -0.1) is 0 Å². The van der Waals surface area contributed by atoms with Crippen molar-refractivity contribution in [1.29, 1.82) is 0 Å². The second kappa shape index (κ2) is 8.79. The van der Waals surface area contributed by atoms with Gasteiger partial charge in [-0.05, 0) is 31.9 Å². The SMILES string of the molecule is Cc1oc(-c2ccccc2F)nc1CC(=O)NCC(=O)NC1CCCCC1. The highest BCUT2D eigenvalue weighted by molar-refractivity contribution is 5.85. The molecule has 1 saturated carbocycles. The number of aryl methyl sites for hydroxylation is 1. The molecule has 0 unspecified atom stereocenters. The van der Waals surface area contributed by atoms with Crippen LogP contribution >= 0.6 is 0 Å². The minimum atomic E-state index is -0.436. The molecular weight excluding hydrogens is 349 g/mol. The lowest BCUT2D eigenvalue weighted by molar-refractivity contribution is -0.126. The van der Waals surface area contributed by atoms with Crippen LogP contribution in [0.1, 0.15) is 43.6 Å². The van der Waals surface area contributed by atoms with Gasteiger partial charge in [-0.2, -0.15) is 0 Å². The van der Waals surface area contributed by atoms with E-state index in [0.29, 0.717) is 11.5 Å². The van der Waals surface area contributed by atoms with E-state index in [2.05, 4.69) is 15.6 Å². The van der Waals surface area contributed by atoms with Gasteiger partial charge >= 0.3 is 0 Å². The minimum absolute atomic E-state index is 0.0273. The first-order valence-corrected chi connectivity index (χ1v) is 9.30. The molecule has 0 bridgehead atoms. The normalized spacial score (nSPS) is 14.7. The van der Waals surface area contributed by atoms with Gasteiger partial charge in [-0.3, -0.25) is 9.59 Å². The van der Waals surface area contributed by atoms with Crippen molar-refractivity contribution < 1.29 is 18.4 Å². The smallest absolute Gasteiger partial charge is 0.239 e. The standard InChI is InChI=1S/C20H24FN3O3/c1-13-17(24-20(27-13)15-9-5-6-10-16(15)21)11-18(25)22-12-19(26)23-14-7-3-2-4-8-14/h5-6,9-10,14H,2-4,7-8,11-12H2,1H3,(H,22,25)(H,23,26). The molecule has 2 amide bonds. The van der Waals surface area contributed by atoms with Crippen LogP contribution in [-0.4, -0.2) is 29.4 Å². The van der Waals surface area contributed by atoms with Crippen molar-refractivity contribution in [3.05, 3.63) is 41.5 Å². The molecule has 144 valence electrons. The van der Waals surface area contributed by atoms with Gasteiger partial charge < -0.3 is 15.1 Å². The summed E-state index contributed by atoms with van der Waals surface area (Å²) in [6, 6.07) is 6.38. The van der Waals surface area contributed by atoms with E-state index in [1.165, 1.54) is 12.5 Å². The molecule has 1 fully saturated rings. The van der Waals surface area contributed by atoms with E-state index in [1.807, 2.05) is 0 Å². The Labute approximate surface area is 157 Å². The third kappa shape index (κ3) is 5.15. The molecule has 7 heteroatoms. The number of carbonyl (C=O) groups is 2. The Morgan fingerprint density at radius 1 is 1.19 bits per heavy atom. The summed E-state index contributed by atoms with van der Waals surface area (Å²) in [6.45, 7) is 1.61. The van der Waals surface area contributed by atoms with Crippen LogP contribution in [0.3, 0.4) is 0 Å². The largest absolute Gasteiger partial charge is 0.441 e. The molecule has 27 heavy (non-hydrogen) atoms. The number of hydrogen-bond donors (Lipinski definition) is 2. The summed E-state index contributed by atoms with van der Waals surface area (Å²) >= 11 is 0. The summed E-state index contributed by atoms with van der Waals surface area (Å²) in [6.07, 6.45) is 5.45. The number of benzene rings is 1. The zero-order valence-electron chi connectivity index (χ0n) is 15.4. The third-order valence-electron chi connectivity index (χ3n) is 4.74. The predicted molar refractivity (Wildman–Crippen MR) is 98.4 cm³/mol. The van der Waals surface area contributed by atoms with E-state index in [-0.39, 0.29) is 42.3 Å². The van der Waals surface area contributed by atoms with E-state index in [4.69, 9.17) is 4.42 Å². The molecule has 2 N–H and O–H groups in total. The predicted octanol–water partition coefficient (Wildman–Crippen LogP) is 2.90. The average molecular weight is 373 g/mol. The molecule has 1 aromatic heterocycles. The maximum atomic E-state index is 13.9. The molecule has 1 heterocycles. The van der Waals surface area contributed by atoms with Crippen molar-refractivity contribution in [1.82, 2.24) is 15.6 Å². The summed E-state index contributed by atoms with van der Waals surface area (Å²) in [5.74, 6) is -0.350. The Hall–Kier alpha value is -2.70. The van der Waals surface area contributed by atoms with Crippen molar-refractivity contribution in [2.75, 3.05) is 6.54 Å². The van der Waals surface area contributed by atoms with Gasteiger partial charge in [-0.1, -0.05) is 31.4 Å². The first kappa shape index (κ1) is 19.1. The van der Waals surface area contributed by atoms with Crippen LogP contribution in [0.2, 0.25) is 0 Å². The molecule has 0 aliphatic heterocycles. The molecular formula is C20H24FN3O3. The lowest BCUT2D eigenvalue weighted by atomic mass is 9.95. The van der Waals surface area contributed by atoms with Crippen molar-refractivity contribution >= 4 is 11.8 Å². The van der Waals surface area contributed by atoms with Gasteiger partial charge in [0.15, 0.2) is 0 Å². The summed E-state index contributed by atoms with van der Waals surface area (Å²) in [5.41, 5.74) is 0.678. The van der Waals surface area contributed by atoms with Crippen LogP contribution in [0.25, 0.3) is 11.5 Å². The second-order valence-electron chi connectivity index (χ2n) is 6.86. The molecule has 1 aliphatic carbocycles. The molecule has 0 atom stereocenters. The van der Waals surface area contributed by atoms with Crippen molar-refractivity contribution in [3.8, 4) is 11.5 Å². The van der Waals surface area contributed by atoms with Gasteiger partial charge in [0.25, 0.3) is 0 Å². The van der Waals surface area contributed by atoms with Crippen LogP contribution < -0.4 is 10.6 Å². The van der Waals surface area contributed by atoms with Crippen LogP contribution in [0.15, 0.2) is 28.7 Å². The van der Waals surface area contributed by atoms with E-state index in [1.54, 1.807) is 25.1 Å². The number of rotatable bonds is 6. The highest BCUT2D eigenvalue weighted by Gasteiger charge is 2.18. The van der Waals surface area contributed by atoms with Crippen LogP contribution in [0, 0.1) is 12.7 Å². The number of nitrogens with one attached hydrogen (secondary N) is 2. The number of carbonyl (C=O) groups excluding carboxylic acids is 2. The number of aromatic nitrogens is 1. The van der Waals surface area contributed by atoms with E-state index in [0.717, 1.165) is 25.7 Å². The number of halogens is 1. The number of oxazole rings is 1. The average Bonchev–Trinajstić information content (AvgIpc) is 3.01. The van der Waals surface area contributed by atoms with E-state index in [9.17, 15) is 14.0 Å². The van der Waals surface area contributed by atoms with E-state index >= 15 is 0 Å². The first-order chi connectivity index (χ1) is 13.0. The lowest BCUT2D eigenvalue weighted by Crippen LogP contribution is -2.43. The molecule has 2 aromatic rings. The quantitative estimate of drug-likeness (QED) is 0.815. The Morgan fingerprint density at radius 2 is 1.93 bits per heavy atom. The van der Waals surface area contributed by atoms with Crippen molar-refractivity contribution in [2.24, 2.45) is 0 Å².